The molecule has 0 amide bonds. The van der Waals surface area contributed by atoms with Crippen molar-refractivity contribution in [3.8, 4) is 0 Å². The first-order valence-corrected chi connectivity index (χ1v) is 9.15. The fraction of sp³-hybridized carbons (Fsp3) is 0. The Kier molecular flexibility index (Phi) is 5.82. The number of benzene rings is 3. The van der Waals surface area contributed by atoms with Crippen molar-refractivity contribution in [3.63, 3.8) is 0 Å². The molecule has 1 aliphatic rings. The molecule has 0 N–H and O–H groups in total. The van der Waals surface area contributed by atoms with Gasteiger partial charge in [0.25, 0.3) is 5.69 Å². The van der Waals surface area contributed by atoms with Crippen LogP contribution >= 0.6 is 22.6 Å². The van der Waals surface area contributed by atoms with Gasteiger partial charge in [0.2, 0.25) is 5.84 Å². The summed E-state index contributed by atoms with van der Waals surface area (Å²) in [5.41, 5.74) is 2.33. The van der Waals surface area contributed by atoms with Crippen LogP contribution in [0.15, 0.2) is 94.3 Å². The number of quaternary nitrogens is 1. The molecule has 3 aromatic carbocycles. The third-order valence-electron chi connectivity index (χ3n) is 4.15. The Bertz CT molecular complexity index is 1060. The normalized spacial score (nSPS) is 17.7. The maximum Gasteiger partial charge on any atom is 0.269 e. The summed E-state index contributed by atoms with van der Waals surface area (Å²) in [6, 6.07) is 23.6. The predicted octanol–water partition coefficient (Wildman–Crippen LogP) is 2.59. The van der Waals surface area contributed by atoms with Crippen LogP contribution in [0.2, 0.25) is 0 Å². The number of rotatable bonds is 4. The monoisotopic (exact) mass is 505 g/mol. The van der Waals surface area contributed by atoms with Gasteiger partial charge in [0.05, 0.1) is 10.1 Å². The van der Waals surface area contributed by atoms with E-state index in [0.717, 1.165) is 14.8 Å². The maximum absolute atomic E-state index is 11.0. The second-order valence-corrected chi connectivity index (χ2v) is 7.08. The van der Waals surface area contributed by atoms with Crippen LogP contribution in [0.1, 0.15) is 5.56 Å². The molecule has 1 atom stereocenters. The van der Waals surface area contributed by atoms with E-state index >= 15 is 0 Å². The zero-order chi connectivity index (χ0) is 18.9. The van der Waals surface area contributed by atoms with E-state index in [1.165, 1.54) is 12.1 Å². The van der Waals surface area contributed by atoms with Gasteiger partial charge < -0.3 is 12.4 Å². The standard InChI is InChI=1S/C19H13IN5O2.ClH/c20-15-6-10-17(11-7-15)25(18-12-8-16(9-13-18)24(26)27)22-19(21-23-25)14-4-2-1-3-5-14;/h1-13H;1H/q+1;/p-1. The molecule has 0 aliphatic carbocycles. The second-order valence-electron chi connectivity index (χ2n) is 5.83. The number of nitrogens with zero attached hydrogens (tertiary/aromatic N) is 5. The summed E-state index contributed by atoms with van der Waals surface area (Å²) in [5, 5.41) is 24.5. The fourth-order valence-electron chi connectivity index (χ4n) is 2.79. The molecule has 4 rings (SSSR count). The van der Waals surface area contributed by atoms with Crippen molar-refractivity contribution < 1.29 is 17.3 Å². The maximum atomic E-state index is 11.0. The molecule has 0 radical (unpaired) electrons. The van der Waals surface area contributed by atoms with E-state index < -0.39 is 4.92 Å². The SMILES string of the molecule is O=[N+]([O-])c1ccc([N+]2(c3ccc(I)cc3)N=NC(c3ccccc3)=N2)cc1.[Cl-]. The van der Waals surface area contributed by atoms with Crippen molar-refractivity contribution >= 4 is 45.5 Å². The van der Waals surface area contributed by atoms with Crippen molar-refractivity contribution in [1.29, 1.82) is 0 Å². The molecule has 3 aromatic rings. The first-order valence-electron chi connectivity index (χ1n) is 8.08. The minimum absolute atomic E-state index is 0. The zero-order valence-electron chi connectivity index (χ0n) is 14.3. The molecule has 1 heterocycles. The summed E-state index contributed by atoms with van der Waals surface area (Å²) in [4.78, 5) is 10.6. The summed E-state index contributed by atoms with van der Waals surface area (Å²) in [6.07, 6.45) is 0. The number of nitro groups is 1. The largest absolute Gasteiger partial charge is 1.00 e. The summed E-state index contributed by atoms with van der Waals surface area (Å²) < 4.78 is 0.862. The van der Waals surface area contributed by atoms with Gasteiger partial charge in [-0.05, 0) is 39.8 Å². The van der Waals surface area contributed by atoms with Gasteiger partial charge in [0.1, 0.15) is 0 Å². The molecule has 1 aliphatic heterocycles. The lowest BCUT2D eigenvalue weighted by Gasteiger charge is -2.20. The second kappa shape index (κ2) is 8.13. The lowest BCUT2D eigenvalue weighted by Crippen LogP contribution is -3.00. The van der Waals surface area contributed by atoms with Crippen molar-refractivity contribution in [3.05, 3.63) is 98.1 Å². The molecule has 0 saturated carbocycles. The van der Waals surface area contributed by atoms with E-state index in [1.807, 2.05) is 54.6 Å². The van der Waals surface area contributed by atoms with Crippen LogP contribution in [0.5, 0.6) is 0 Å². The highest BCUT2D eigenvalue weighted by molar-refractivity contribution is 14.1. The van der Waals surface area contributed by atoms with Crippen molar-refractivity contribution in [2.75, 3.05) is 0 Å². The molecule has 1 unspecified atom stereocenters. The van der Waals surface area contributed by atoms with E-state index in [0.29, 0.717) is 11.5 Å². The molecule has 0 bridgehead atoms. The predicted molar refractivity (Wildman–Crippen MR) is 112 cm³/mol. The Labute approximate surface area is 180 Å². The quantitative estimate of drug-likeness (QED) is 0.236. The summed E-state index contributed by atoms with van der Waals surface area (Å²) in [7, 11) is 0. The van der Waals surface area contributed by atoms with Crippen molar-refractivity contribution in [1.82, 2.24) is 4.70 Å². The fourth-order valence-corrected chi connectivity index (χ4v) is 3.15. The minimum atomic E-state index is -0.427. The molecule has 0 saturated heterocycles. The highest BCUT2D eigenvalue weighted by Gasteiger charge is 2.41. The molecule has 140 valence electrons. The third kappa shape index (κ3) is 3.66. The van der Waals surface area contributed by atoms with Gasteiger partial charge in [0, 0.05) is 50.2 Å². The Hall–Kier alpha value is -2.69. The molecule has 7 nitrogen and oxygen atoms in total. The molecule has 9 heteroatoms. The molecular formula is C19H13ClIN5O2. The van der Waals surface area contributed by atoms with Crippen LogP contribution in [0.4, 0.5) is 17.1 Å². The van der Waals surface area contributed by atoms with Gasteiger partial charge in [-0.2, -0.15) is 0 Å². The van der Waals surface area contributed by atoms with Crippen LogP contribution in [0, 0.1) is 13.7 Å². The average molecular weight is 506 g/mol. The number of non-ortho nitro benzene ring substituents is 1. The first kappa shape index (κ1) is 20.1. The van der Waals surface area contributed by atoms with E-state index in [1.54, 1.807) is 12.1 Å². The lowest BCUT2D eigenvalue weighted by atomic mass is 10.2. The van der Waals surface area contributed by atoms with Gasteiger partial charge in [-0.25, -0.2) is 0 Å². The zero-order valence-corrected chi connectivity index (χ0v) is 17.2. The van der Waals surface area contributed by atoms with Gasteiger partial charge in [-0.15, -0.1) is 0 Å². The van der Waals surface area contributed by atoms with Crippen LogP contribution in [0.3, 0.4) is 0 Å². The topological polar surface area (TPSA) is 80.2 Å². The molecule has 0 aromatic heterocycles. The number of hydrogen-bond acceptors (Lipinski definition) is 5. The first-order chi connectivity index (χ1) is 13.1. The average Bonchev–Trinajstić information content (AvgIpc) is 3.16. The highest BCUT2D eigenvalue weighted by atomic mass is 127. The van der Waals surface area contributed by atoms with E-state index in [9.17, 15) is 10.1 Å². The van der Waals surface area contributed by atoms with E-state index in [2.05, 4.69) is 32.9 Å². The van der Waals surface area contributed by atoms with Crippen LogP contribution in [0.25, 0.3) is 0 Å². The van der Waals surface area contributed by atoms with Crippen LogP contribution in [-0.4, -0.2) is 10.8 Å². The molecule has 28 heavy (non-hydrogen) atoms. The Morgan fingerprint density at radius 2 is 1.43 bits per heavy atom. The van der Waals surface area contributed by atoms with E-state index in [-0.39, 0.29) is 22.8 Å². The van der Waals surface area contributed by atoms with Crippen molar-refractivity contribution in [2.45, 2.75) is 0 Å². The Morgan fingerprint density at radius 3 is 2.00 bits per heavy atom. The van der Waals surface area contributed by atoms with Gasteiger partial charge in [-0.1, -0.05) is 35.4 Å². The van der Waals surface area contributed by atoms with Crippen LogP contribution < -0.4 is 17.1 Å². The Morgan fingerprint density at radius 1 is 0.857 bits per heavy atom. The smallest absolute Gasteiger partial charge is 0.269 e. The number of hydrogen-bond donors (Lipinski definition) is 0. The minimum Gasteiger partial charge on any atom is -1.00 e. The summed E-state index contributed by atoms with van der Waals surface area (Å²) in [5.74, 6) is 0.507. The van der Waals surface area contributed by atoms with Gasteiger partial charge in [0.15, 0.2) is 11.4 Å². The highest BCUT2D eigenvalue weighted by Crippen LogP contribution is 2.40. The van der Waals surface area contributed by atoms with Gasteiger partial charge in [-0.3, -0.25) is 10.1 Å². The van der Waals surface area contributed by atoms with Crippen LogP contribution in [-0.2, 0) is 0 Å². The van der Waals surface area contributed by atoms with E-state index in [4.69, 9.17) is 5.10 Å². The summed E-state index contributed by atoms with van der Waals surface area (Å²) >= 11 is 2.23. The van der Waals surface area contributed by atoms with Crippen molar-refractivity contribution in [2.24, 2.45) is 15.4 Å². The molecule has 0 fully saturated rings. The number of amidine groups is 1. The number of halogens is 2. The molecule has 0 spiro atoms. The summed E-state index contributed by atoms with van der Waals surface area (Å²) in [6.45, 7) is 0. The Balaban J connectivity index is 0.00000225. The molecular weight excluding hydrogens is 493 g/mol. The number of nitro benzene ring substituents is 1. The van der Waals surface area contributed by atoms with Gasteiger partial charge >= 0.3 is 0 Å². The third-order valence-corrected chi connectivity index (χ3v) is 4.87. The lowest BCUT2D eigenvalue weighted by molar-refractivity contribution is -0.384.